The number of aromatic nitrogens is 1. The van der Waals surface area contributed by atoms with Crippen LogP contribution in [0.2, 0.25) is 0 Å². The van der Waals surface area contributed by atoms with Gasteiger partial charge >= 0.3 is 11.5 Å². The monoisotopic (exact) mass is 482 g/mol. The molecular formula is C21H21F3N4O4S. The maximum absolute atomic E-state index is 12.9. The second kappa shape index (κ2) is 8.65. The van der Waals surface area contributed by atoms with Crippen LogP contribution in [-0.2, 0) is 21.2 Å². The summed E-state index contributed by atoms with van der Waals surface area (Å²) >= 11 is 0. The number of benzene rings is 1. The van der Waals surface area contributed by atoms with E-state index in [-0.39, 0.29) is 18.8 Å². The van der Waals surface area contributed by atoms with Crippen LogP contribution >= 0.6 is 0 Å². The Kier molecular flexibility index (Phi) is 6.04. The zero-order chi connectivity index (χ0) is 23.8. The van der Waals surface area contributed by atoms with Gasteiger partial charge in [-0.3, -0.25) is 4.79 Å². The average molecular weight is 482 g/mol. The fourth-order valence-corrected chi connectivity index (χ4v) is 4.67. The van der Waals surface area contributed by atoms with Gasteiger partial charge in [-0.2, -0.15) is 13.2 Å². The Morgan fingerprint density at radius 1 is 0.970 bits per heavy atom. The van der Waals surface area contributed by atoms with Gasteiger partial charge in [0.15, 0.2) is 0 Å². The summed E-state index contributed by atoms with van der Waals surface area (Å²) in [5, 5.41) is 0. The van der Waals surface area contributed by atoms with Crippen molar-refractivity contribution in [2.75, 3.05) is 29.4 Å². The predicted octanol–water partition coefficient (Wildman–Crippen LogP) is 3.33. The molecule has 0 N–H and O–H groups in total. The van der Waals surface area contributed by atoms with Gasteiger partial charge in [0.25, 0.3) is 15.7 Å². The van der Waals surface area contributed by atoms with E-state index in [4.69, 9.17) is 0 Å². The van der Waals surface area contributed by atoms with E-state index in [1.807, 2.05) is 6.07 Å². The third-order valence-electron chi connectivity index (χ3n) is 5.61. The molecule has 0 aliphatic carbocycles. The molecule has 3 heterocycles. The maximum Gasteiger partial charge on any atom is 0.501 e. The molecule has 2 saturated heterocycles. The molecule has 1 aromatic carbocycles. The molecule has 3 amide bonds. The van der Waals surface area contributed by atoms with Crippen LogP contribution in [0.5, 0.6) is 0 Å². The third kappa shape index (κ3) is 4.52. The number of alkyl halides is 3. The van der Waals surface area contributed by atoms with Gasteiger partial charge in [0.2, 0.25) is 0 Å². The van der Waals surface area contributed by atoms with Crippen LogP contribution in [0.15, 0.2) is 47.5 Å². The summed E-state index contributed by atoms with van der Waals surface area (Å²) in [5.41, 5.74) is -4.65. The van der Waals surface area contributed by atoms with Crippen molar-refractivity contribution < 1.29 is 31.2 Å². The third-order valence-corrected chi connectivity index (χ3v) is 7.11. The Labute approximate surface area is 188 Å². The first kappa shape index (κ1) is 23.0. The molecule has 0 spiro atoms. The Bertz CT molecular complexity index is 1160. The molecule has 8 nitrogen and oxygen atoms in total. The normalized spacial score (nSPS) is 17.7. The smallest absolute Gasteiger partial charge is 0.357 e. The first-order chi connectivity index (χ1) is 15.6. The fourth-order valence-electron chi connectivity index (χ4n) is 3.91. The Morgan fingerprint density at radius 2 is 1.64 bits per heavy atom. The van der Waals surface area contributed by atoms with Gasteiger partial charge in [0.1, 0.15) is 12.4 Å². The largest absolute Gasteiger partial charge is 0.501 e. The van der Waals surface area contributed by atoms with Crippen molar-refractivity contribution in [1.82, 2.24) is 9.88 Å². The van der Waals surface area contributed by atoms with Crippen LogP contribution in [-0.4, -0.2) is 55.4 Å². The molecule has 33 heavy (non-hydrogen) atoms. The predicted molar refractivity (Wildman–Crippen MR) is 113 cm³/mol. The molecule has 1 aromatic heterocycles. The number of piperidine rings is 1. The van der Waals surface area contributed by atoms with Crippen molar-refractivity contribution in [3.05, 3.63) is 48.2 Å². The number of imide groups is 1. The first-order valence-electron chi connectivity index (χ1n) is 10.3. The molecule has 2 aliphatic rings. The number of rotatable bonds is 5. The molecule has 2 fully saturated rings. The number of hydrogen-bond acceptors (Lipinski definition) is 6. The summed E-state index contributed by atoms with van der Waals surface area (Å²) in [5.74, 6) is 0.250. The second-order valence-corrected chi connectivity index (χ2v) is 9.82. The van der Waals surface area contributed by atoms with E-state index in [2.05, 4.69) is 9.88 Å². The first-order valence-corrected chi connectivity index (χ1v) is 11.8. The number of sulfone groups is 1. The van der Waals surface area contributed by atoms with Crippen LogP contribution in [0.4, 0.5) is 29.5 Å². The second-order valence-electron chi connectivity index (χ2n) is 7.88. The summed E-state index contributed by atoms with van der Waals surface area (Å²) in [6.45, 7) is 1.77. The number of urea groups is 1. The molecule has 12 heteroatoms. The van der Waals surface area contributed by atoms with E-state index in [0.717, 1.165) is 66.5 Å². The van der Waals surface area contributed by atoms with Gasteiger partial charge in [0.05, 0.1) is 10.6 Å². The zero-order valence-corrected chi connectivity index (χ0v) is 18.3. The van der Waals surface area contributed by atoms with Gasteiger partial charge in [-0.25, -0.2) is 23.1 Å². The molecule has 0 bridgehead atoms. The lowest BCUT2D eigenvalue weighted by atomic mass is 10.1. The van der Waals surface area contributed by atoms with E-state index in [1.165, 1.54) is 11.3 Å². The van der Waals surface area contributed by atoms with Crippen molar-refractivity contribution in [1.29, 1.82) is 0 Å². The fraction of sp³-hybridized carbons (Fsp3) is 0.381. The number of nitrogens with zero attached hydrogens (tertiary/aromatic N) is 4. The zero-order valence-electron chi connectivity index (χ0n) is 17.5. The summed E-state index contributed by atoms with van der Waals surface area (Å²) in [7, 11) is -5.52. The SMILES string of the molecule is O=C1CN(Cc2ccnc(N3CCCCC3)c2)C(=O)N1c1ccc(S(=O)(=O)C(F)(F)F)cc1. The average Bonchev–Trinajstić information content (AvgIpc) is 3.06. The molecule has 0 atom stereocenters. The maximum atomic E-state index is 12.9. The number of halogens is 3. The molecule has 176 valence electrons. The highest BCUT2D eigenvalue weighted by Crippen LogP contribution is 2.32. The standard InChI is InChI=1S/C21H21F3N4O4S/c22-21(23,24)33(31,32)17-6-4-16(5-7-17)28-19(29)14-27(20(28)30)13-15-8-9-25-18(12-15)26-10-2-1-3-11-26/h4-9,12H,1-3,10-11,13-14H2. The molecule has 0 unspecified atom stereocenters. The quantitative estimate of drug-likeness (QED) is 0.608. The van der Waals surface area contributed by atoms with E-state index < -0.39 is 32.2 Å². The lowest BCUT2D eigenvalue weighted by Crippen LogP contribution is -2.33. The number of carbonyl (C=O) groups excluding carboxylic acids is 2. The lowest BCUT2D eigenvalue weighted by Gasteiger charge is -2.28. The van der Waals surface area contributed by atoms with Crippen LogP contribution in [0.25, 0.3) is 0 Å². The minimum atomic E-state index is -5.52. The van der Waals surface area contributed by atoms with Crippen LogP contribution in [0.1, 0.15) is 24.8 Å². The summed E-state index contributed by atoms with van der Waals surface area (Å²) < 4.78 is 61.2. The molecular weight excluding hydrogens is 461 g/mol. The number of hydrogen-bond donors (Lipinski definition) is 0. The van der Waals surface area contributed by atoms with Crippen molar-refractivity contribution >= 4 is 33.3 Å². The lowest BCUT2D eigenvalue weighted by molar-refractivity contribution is -0.116. The summed E-state index contributed by atoms with van der Waals surface area (Å²) in [6, 6.07) is 6.48. The topological polar surface area (TPSA) is 90.9 Å². The minimum absolute atomic E-state index is 0.00245. The molecule has 2 aliphatic heterocycles. The Morgan fingerprint density at radius 3 is 2.27 bits per heavy atom. The van der Waals surface area contributed by atoms with Crippen LogP contribution in [0.3, 0.4) is 0 Å². The van der Waals surface area contributed by atoms with Gasteiger partial charge in [-0.05, 0) is 61.2 Å². The summed E-state index contributed by atoms with van der Waals surface area (Å²) in [4.78, 5) is 33.1. The van der Waals surface area contributed by atoms with Gasteiger partial charge in [-0.1, -0.05) is 0 Å². The van der Waals surface area contributed by atoms with Gasteiger partial charge in [-0.15, -0.1) is 0 Å². The Hall–Kier alpha value is -3.15. The van der Waals surface area contributed by atoms with Gasteiger partial charge < -0.3 is 9.80 Å². The van der Waals surface area contributed by atoms with E-state index >= 15 is 0 Å². The van der Waals surface area contributed by atoms with Crippen molar-refractivity contribution in [3.63, 3.8) is 0 Å². The van der Waals surface area contributed by atoms with E-state index in [1.54, 1.807) is 12.3 Å². The van der Waals surface area contributed by atoms with Crippen molar-refractivity contribution in [2.45, 2.75) is 36.2 Å². The number of amides is 3. The molecule has 4 rings (SSSR count). The van der Waals surface area contributed by atoms with E-state index in [0.29, 0.717) is 0 Å². The van der Waals surface area contributed by atoms with Crippen LogP contribution < -0.4 is 9.80 Å². The highest BCUT2D eigenvalue weighted by molar-refractivity contribution is 7.92. The van der Waals surface area contributed by atoms with Crippen molar-refractivity contribution in [2.24, 2.45) is 0 Å². The summed E-state index contributed by atoms with van der Waals surface area (Å²) in [6.07, 6.45) is 5.00. The number of pyridine rings is 1. The Balaban J connectivity index is 1.49. The molecule has 0 saturated carbocycles. The number of carbonyl (C=O) groups is 2. The van der Waals surface area contributed by atoms with Crippen LogP contribution in [0, 0.1) is 0 Å². The van der Waals surface area contributed by atoms with E-state index in [9.17, 15) is 31.2 Å². The number of anilines is 2. The molecule has 0 radical (unpaired) electrons. The highest BCUT2D eigenvalue weighted by Gasteiger charge is 2.47. The molecule has 2 aromatic rings. The highest BCUT2D eigenvalue weighted by atomic mass is 32.2. The van der Waals surface area contributed by atoms with Gasteiger partial charge in [0, 0.05) is 25.8 Å². The van der Waals surface area contributed by atoms with Crippen molar-refractivity contribution in [3.8, 4) is 0 Å². The minimum Gasteiger partial charge on any atom is -0.357 e.